The highest BCUT2D eigenvalue weighted by Crippen LogP contribution is 2.00. The zero-order valence-corrected chi connectivity index (χ0v) is 9.99. The molecular weight excluding hydrogens is 198 g/mol. The number of rotatable bonds is 8. The number of hydrogen-bond donors (Lipinski definition) is 1. The lowest BCUT2D eigenvalue weighted by molar-refractivity contribution is 0.125. The summed E-state index contributed by atoms with van der Waals surface area (Å²) in [4.78, 5) is 0. The van der Waals surface area contributed by atoms with Crippen molar-refractivity contribution in [2.24, 2.45) is 0 Å². The molecule has 0 heterocycles. The molecule has 1 aromatic rings. The summed E-state index contributed by atoms with van der Waals surface area (Å²) in [6.45, 7) is 2.55. The fourth-order valence-corrected chi connectivity index (χ4v) is 1.38. The van der Waals surface area contributed by atoms with Gasteiger partial charge in [-0.25, -0.2) is 0 Å². The van der Waals surface area contributed by atoms with Crippen LogP contribution in [0.4, 0.5) is 0 Å². The first kappa shape index (κ1) is 12.9. The molecular formula is C14H21NO. The predicted octanol–water partition coefficient (Wildman–Crippen LogP) is 2.76. The van der Waals surface area contributed by atoms with E-state index in [9.17, 15) is 0 Å². The van der Waals surface area contributed by atoms with E-state index in [-0.39, 0.29) is 0 Å². The summed E-state index contributed by atoms with van der Waals surface area (Å²) in [5.74, 6) is 0. The Hall–Kier alpha value is -1.12. The van der Waals surface area contributed by atoms with Crippen molar-refractivity contribution >= 4 is 0 Å². The minimum Gasteiger partial charge on any atom is -0.376 e. The van der Waals surface area contributed by atoms with Crippen molar-refractivity contribution < 1.29 is 4.74 Å². The first-order valence-corrected chi connectivity index (χ1v) is 5.84. The molecule has 0 aromatic heterocycles. The fraction of sp³-hybridized carbons (Fsp3) is 0.429. The second-order valence-electron chi connectivity index (χ2n) is 3.69. The van der Waals surface area contributed by atoms with Crippen molar-refractivity contribution in [3.05, 3.63) is 48.0 Å². The highest BCUT2D eigenvalue weighted by Gasteiger charge is 1.89. The summed E-state index contributed by atoms with van der Waals surface area (Å²) in [6, 6.07) is 10.3. The van der Waals surface area contributed by atoms with Crippen LogP contribution in [-0.2, 0) is 11.3 Å². The molecule has 0 spiro atoms. The van der Waals surface area contributed by atoms with Gasteiger partial charge in [-0.15, -0.1) is 0 Å². The van der Waals surface area contributed by atoms with E-state index in [4.69, 9.17) is 4.74 Å². The molecule has 0 aliphatic heterocycles. The van der Waals surface area contributed by atoms with Gasteiger partial charge in [0.25, 0.3) is 0 Å². The van der Waals surface area contributed by atoms with E-state index in [0.29, 0.717) is 6.61 Å². The molecule has 0 unspecified atom stereocenters. The van der Waals surface area contributed by atoms with Gasteiger partial charge >= 0.3 is 0 Å². The van der Waals surface area contributed by atoms with Gasteiger partial charge in [0, 0.05) is 0 Å². The van der Waals surface area contributed by atoms with E-state index in [1.165, 1.54) is 5.56 Å². The second kappa shape index (κ2) is 9.13. The van der Waals surface area contributed by atoms with Crippen molar-refractivity contribution in [3.8, 4) is 0 Å². The summed E-state index contributed by atoms with van der Waals surface area (Å²) < 4.78 is 5.56. The van der Waals surface area contributed by atoms with Crippen molar-refractivity contribution in [1.82, 2.24) is 5.32 Å². The van der Waals surface area contributed by atoms with Crippen LogP contribution in [0.15, 0.2) is 42.5 Å². The molecule has 0 aliphatic carbocycles. The number of benzene rings is 1. The summed E-state index contributed by atoms with van der Waals surface area (Å²) >= 11 is 0. The van der Waals surface area contributed by atoms with E-state index >= 15 is 0 Å². The Bertz CT molecular complexity index is 282. The minimum absolute atomic E-state index is 0.713. The van der Waals surface area contributed by atoms with Gasteiger partial charge in [-0.05, 0) is 32.0 Å². The van der Waals surface area contributed by atoms with Crippen LogP contribution in [0.2, 0.25) is 0 Å². The van der Waals surface area contributed by atoms with Gasteiger partial charge in [-0.1, -0.05) is 42.5 Å². The minimum atomic E-state index is 0.713. The SMILES string of the molecule is CNCC/C=C/CCOCc1ccccc1. The Labute approximate surface area is 98.3 Å². The number of hydrogen-bond acceptors (Lipinski definition) is 2. The highest BCUT2D eigenvalue weighted by atomic mass is 16.5. The molecule has 0 fully saturated rings. The molecule has 1 N–H and O–H groups in total. The normalized spacial score (nSPS) is 11.1. The van der Waals surface area contributed by atoms with Gasteiger partial charge < -0.3 is 10.1 Å². The third-order valence-electron chi connectivity index (χ3n) is 2.27. The molecule has 2 heteroatoms. The van der Waals surface area contributed by atoms with Crippen molar-refractivity contribution in [3.63, 3.8) is 0 Å². The van der Waals surface area contributed by atoms with E-state index in [1.54, 1.807) is 0 Å². The highest BCUT2D eigenvalue weighted by molar-refractivity contribution is 5.13. The number of nitrogens with one attached hydrogen (secondary N) is 1. The van der Waals surface area contributed by atoms with Crippen LogP contribution in [0.25, 0.3) is 0 Å². The molecule has 0 amide bonds. The second-order valence-corrected chi connectivity index (χ2v) is 3.69. The molecule has 16 heavy (non-hydrogen) atoms. The Morgan fingerprint density at radius 2 is 1.88 bits per heavy atom. The third kappa shape index (κ3) is 6.38. The molecule has 0 atom stereocenters. The van der Waals surface area contributed by atoms with Gasteiger partial charge in [0.1, 0.15) is 0 Å². The van der Waals surface area contributed by atoms with Gasteiger partial charge in [-0.2, -0.15) is 0 Å². The predicted molar refractivity (Wildman–Crippen MR) is 68.4 cm³/mol. The van der Waals surface area contributed by atoms with Gasteiger partial charge in [0.05, 0.1) is 13.2 Å². The average Bonchev–Trinajstić information content (AvgIpc) is 2.34. The molecule has 0 saturated carbocycles. The maximum atomic E-state index is 5.56. The monoisotopic (exact) mass is 219 g/mol. The van der Waals surface area contributed by atoms with Crippen molar-refractivity contribution in [2.45, 2.75) is 19.4 Å². The summed E-state index contributed by atoms with van der Waals surface area (Å²) in [6.07, 6.45) is 6.47. The molecule has 0 aliphatic rings. The zero-order valence-electron chi connectivity index (χ0n) is 9.99. The van der Waals surface area contributed by atoms with Crippen molar-refractivity contribution in [2.75, 3.05) is 20.2 Å². The summed E-state index contributed by atoms with van der Waals surface area (Å²) in [7, 11) is 1.97. The van der Waals surface area contributed by atoms with E-state index < -0.39 is 0 Å². The summed E-state index contributed by atoms with van der Waals surface area (Å²) in [5.41, 5.74) is 1.24. The van der Waals surface area contributed by atoms with Gasteiger partial charge in [0.15, 0.2) is 0 Å². The topological polar surface area (TPSA) is 21.3 Å². The maximum absolute atomic E-state index is 5.56. The van der Waals surface area contributed by atoms with Crippen LogP contribution in [0.5, 0.6) is 0 Å². The third-order valence-corrected chi connectivity index (χ3v) is 2.27. The van der Waals surface area contributed by atoms with Crippen LogP contribution in [0.3, 0.4) is 0 Å². The number of ether oxygens (including phenoxy) is 1. The first-order valence-electron chi connectivity index (χ1n) is 5.84. The molecule has 88 valence electrons. The van der Waals surface area contributed by atoms with Crippen LogP contribution < -0.4 is 5.32 Å². The molecule has 0 bridgehead atoms. The van der Waals surface area contributed by atoms with Crippen LogP contribution in [0.1, 0.15) is 18.4 Å². The lowest BCUT2D eigenvalue weighted by atomic mass is 10.2. The Morgan fingerprint density at radius 1 is 1.12 bits per heavy atom. The average molecular weight is 219 g/mol. The largest absolute Gasteiger partial charge is 0.376 e. The van der Waals surface area contributed by atoms with Crippen LogP contribution in [-0.4, -0.2) is 20.2 Å². The molecule has 0 radical (unpaired) electrons. The Morgan fingerprint density at radius 3 is 2.62 bits per heavy atom. The van der Waals surface area contributed by atoms with E-state index in [2.05, 4.69) is 29.6 Å². The molecule has 2 nitrogen and oxygen atoms in total. The van der Waals surface area contributed by atoms with Crippen LogP contribution in [0, 0.1) is 0 Å². The van der Waals surface area contributed by atoms with E-state index in [1.807, 2.05) is 25.2 Å². The summed E-state index contributed by atoms with van der Waals surface area (Å²) in [5, 5.41) is 3.11. The Balaban J connectivity index is 1.98. The quantitative estimate of drug-likeness (QED) is 0.536. The molecule has 1 aromatic carbocycles. The molecule has 1 rings (SSSR count). The fourth-order valence-electron chi connectivity index (χ4n) is 1.38. The van der Waals surface area contributed by atoms with Gasteiger partial charge in [0.2, 0.25) is 0 Å². The van der Waals surface area contributed by atoms with Gasteiger partial charge in [-0.3, -0.25) is 0 Å². The van der Waals surface area contributed by atoms with Crippen molar-refractivity contribution in [1.29, 1.82) is 0 Å². The standard InChI is InChI=1S/C14H21NO/c1-15-11-7-2-3-8-12-16-13-14-9-5-4-6-10-14/h2-6,9-10,15H,7-8,11-13H2,1H3/b3-2+. The first-order chi connectivity index (χ1) is 7.93. The molecule has 0 saturated heterocycles. The lowest BCUT2D eigenvalue weighted by Gasteiger charge is -2.01. The smallest absolute Gasteiger partial charge is 0.0717 e. The lowest BCUT2D eigenvalue weighted by Crippen LogP contribution is -2.05. The zero-order chi connectivity index (χ0) is 11.5. The Kier molecular flexibility index (Phi) is 7.39. The maximum Gasteiger partial charge on any atom is 0.0717 e. The van der Waals surface area contributed by atoms with E-state index in [0.717, 1.165) is 26.0 Å². The van der Waals surface area contributed by atoms with Crippen LogP contribution >= 0.6 is 0 Å².